The van der Waals surface area contributed by atoms with Crippen molar-refractivity contribution in [1.82, 2.24) is 0 Å². The molecule has 0 aromatic carbocycles. The molecule has 0 bridgehead atoms. The molecule has 0 radical (unpaired) electrons. The van der Waals surface area contributed by atoms with Crippen molar-refractivity contribution < 1.29 is 19.8 Å². The molecule has 0 aliphatic rings. The van der Waals surface area contributed by atoms with Gasteiger partial charge in [0.05, 0.1) is 5.97 Å². The van der Waals surface area contributed by atoms with E-state index in [2.05, 4.69) is 13.5 Å². The van der Waals surface area contributed by atoms with Crippen LogP contribution >= 0.6 is 0 Å². The summed E-state index contributed by atoms with van der Waals surface area (Å²) < 4.78 is 0. The summed E-state index contributed by atoms with van der Waals surface area (Å²) in [5.74, 6) is -2.09. The number of hydrogen-bond acceptors (Lipinski definition) is 4. The summed E-state index contributed by atoms with van der Waals surface area (Å²) in [7, 11) is 0. The van der Waals surface area contributed by atoms with Crippen LogP contribution in [0, 0.1) is 0 Å². The maximum absolute atomic E-state index is 10.2. The number of unbranched alkanes of at least 4 members (excludes halogenated alkanes) is 14. The van der Waals surface area contributed by atoms with Crippen LogP contribution in [0.4, 0.5) is 0 Å². The molecule has 0 aliphatic heterocycles. The standard InChI is InChI=1S/C18H36O2.C4H6O2.Mg/c1-2-3-4-5-6-7-8-9-10-11-12-13-14-15-16-17-18(19)20;1-3(2)4(5)6;/h2-17H2,1H3,(H,19,20);1H2,2H3,(H,5,6);/q;;+2/p-2. The topological polar surface area (TPSA) is 80.3 Å². The monoisotopic (exact) mass is 392 g/mol. The minimum Gasteiger partial charge on any atom is -0.550 e. The molecule has 0 saturated carbocycles. The van der Waals surface area contributed by atoms with E-state index in [0.29, 0.717) is 0 Å². The zero-order chi connectivity index (χ0) is 20.0. The Morgan fingerprint density at radius 2 is 0.926 bits per heavy atom. The number of carboxylic acids is 2. The van der Waals surface area contributed by atoms with Gasteiger partial charge in [0.25, 0.3) is 0 Å². The van der Waals surface area contributed by atoms with Crippen LogP contribution in [-0.4, -0.2) is 35.0 Å². The van der Waals surface area contributed by atoms with Gasteiger partial charge in [-0.1, -0.05) is 103 Å². The van der Waals surface area contributed by atoms with Gasteiger partial charge in [0, 0.05) is 5.97 Å². The van der Waals surface area contributed by atoms with Crippen molar-refractivity contribution in [3.05, 3.63) is 12.2 Å². The molecule has 0 heterocycles. The van der Waals surface area contributed by atoms with Gasteiger partial charge < -0.3 is 19.8 Å². The summed E-state index contributed by atoms with van der Waals surface area (Å²) in [6.07, 6.45) is 19.9. The van der Waals surface area contributed by atoms with E-state index in [1.807, 2.05) is 0 Å². The molecule has 0 aromatic rings. The predicted molar refractivity (Wildman–Crippen MR) is 110 cm³/mol. The van der Waals surface area contributed by atoms with E-state index < -0.39 is 11.9 Å². The van der Waals surface area contributed by atoms with E-state index >= 15 is 0 Å². The van der Waals surface area contributed by atoms with Crippen molar-refractivity contribution in [3.8, 4) is 0 Å². The summed E-state index contributed by atoms with van der Waals surface area (Å²) in [5, 5.41) is 19.7. The first-order valence-electron chi connectivity index (χ1n) is 10.5. The van der Waals surface area contributed by atoms with Gasteiger partial charge in [-0.05, 0) is 25.3 Å². The summed E-state index contributed by atoms with van der Waals surface area (Å²) in [6, 6.07) is 0. The second kappa shape index (κ2) is 25.4. The number of carbonyl (C=O) groups is 2. The Balaban J connectivity index is -0.000000709. The third-order valence-electron chi connectivity index (χ3n) is 4.33. The Hall–Kier alpha value is -0.554. The van der Waals surface area contributed by atoms with Crippen LogP contribution in [0.2, 0.25) is 0 Å². The molecule has 27 heavy (non-hydrogen) atoms. The third kappa shape index (κ3) is 33.5. The van der Waals surface area contributed by atoms with Crippen LogP contribution in [0.15, 0.2) is 12.2 Å². The first-order valence-corrected chi connectivity index (χ1v) is 10.5. The molecule has 0 rings (SSSR count). The first-order chi connectivity index (χ1) is 12.4. The molecular weight excluding hydrogens is 353 g/mol. The quantitative estimate of drug-likeness (QED) is 0.213. The number of carboxylic acid groups (broad SMARTS) is 2. The number of aliphatic carboxylic acids is 2. The average molecular weight is 393 g/mol. The normalized spacial score (nSPS) is 9.70. The van der Waals surface area contributed by atoms with Crippen molar-refractivity contribution in [2.45, 2.75) is 117 Å². The summed E-state index contributed by atoms with van der Waals surface area (Å²) >= 11 is 0. The third-order valence-corrected chi connectivity index (χ3v) is 4.33. The molecule has 0 spiro atoms. The van der Waals surface area contributed by atoms with E-state index in [-0.39, 0.29) is 35.0 Å². The van der Waals surface area contributed by atoms with Crippen molar-refractivity contribution in [2.24, 2.45) is 0 Å². The molecule has 0 amide bonds. The van der Waals surface area contributed by atoms with Crippen LogP contribution in [0.1, 0.15) is 117 Å². The molecule has 4 nitrogen and oxygen atoms in total. The second-order valence-electron chi connectivity index (χ2n) is 7.14. The first kappa shape index (κ1) is 31.2. The fraction of sp³-hybridized carbons (Fsp3) is 0.818. The van der Waals surface area contributed by atoms with E-state index in [1.54, 1.807) is 0 Å². The molecule has 0 aromatic heterocycles. The Kier molecular flexibility index (Phi) is 29.4. The number of hydrogen-bond donors (Lipinski definition) is 0. The van der Waals surface area contributed by atoms with Crippen LogP contribution in [0.5, 0.6) is 0 Å². The maximum Gasteiger partial charge on any atom is 2.00 e. The summed E-state index contributed by atoms with van der Waals surface area (Å²) in [4.78, 5) is 19.7. The van der Waals surface area contributed by atoms with Gasteiger partial charge in [0.1, 0.15) is 0 Å². The van der Waals surface area contributed by atoms with Crippen LogP contribution in [0.25, 0.3) is 0 Å². The molecule has 0 atom stereocenters. The Labute approximate surface area is 183 Å². The molecule has 0 aliphatic carbocycles. The van der Waals surface area contributed by atoms with Crippen LogP contribution in [0.3, 0.4) is 0 Å². The van der Waals surface area contributed by atoms with E-state index in [4.69, 9.17) is 0 Å². The SMILES string of the molecule is C=C(C)C(=O)[O-].CCCCCCCCCCCCCCCCCC(=O)[O-].[Mg+2]. The van der Waals surface area contributed by atoms with Gasteiger partial charge in [-0.2, -0.15) is 0 Å². The van der Waals surface area contributed by atoms with Crippen molar-refractivity contribution in [3.63, 3.8) is 0 Å². The Morgan fingerprint density at radius 3 is 1.15 bits per heavy atom. The van der Waals surface area contributed by atoms with E-state index in [0.717, 1.165) is 12.8 Å². The van der Waals surface area contributed by atoms with Crippen molar-refractivity contribution in [2.75, 3.05) is 0 Å². The maximum atomic E-state index is 10.2. The Bertz CT molecular complexity index is 344. The zero-order valence-electron chi connectivity index (χ0n) is 17.9. The van der Waals surface area contributed by atoms with Crippen molar-refractivity contribution in [1.29, 1.82) is 0 Å². The van der Waals surface area contributed by atoms with Crippen LogP contribution < -0.4 is 10.2 Å². The fourth-order valence-corrected chi connectivity index (χ4v) is 2.64. The van der Waals surface area contributed by atoms with Gasteiger partial charge in [-0.15, -0.1) is 0 Å². The van der Waals surface area contributed by atoms with Gasteiger partial charge in [-0.25, -0.2) is 0 Å². The minimum absolute atomic E-state index is 0. The van der Waals surface area contributed by atoms with Gasteiger partial charge in [-0.3, -0.25) is 0 Å². The van der Waals surface area contributed by atoms with Gasteiger partial charge in [0.2, 0.25) is 0 Å². The van der Waals surface area contributed by atoms with E-state index in [9.17, 15) is 19.8 Å². The summed E-state index contributed by atoms with van der Waals surface area (Å²) in [6.45, 7) is 6.74. The van der Waals surface area contributed by atoms with Crippen molar-refractivity contribution >= 4 is 35.0 Å². The molecule has 0 unspecified atom stereocenters. The largest absolute Gasteiger partial charge is 2.00 e. The fourth-order valence-electron chi connectivity index (χ4n) is 2.64. The predicted octanol–water partition coefficient (Wildman–Crippen LogP) is 3.93. The smallest absolute Gasteiger partial charge is 0.550 e. The molecular formula is C22H40MgO4. The summed E-state index contributed by atoms with van der Waals surface area (Å²) in [5.41, 5.74) is 0.0648. The molecule has 0 saturated heterocycles. The molecule has 5 heteroatoms. The molecule has 154 valence electrons. The number of carbonyl (C=O) groups excluding carboxylic acids is 2. The minimum atomic E-state index is -1.19. The van der Waals surface area contributed by atoms with Gasteiger partial charge in [0.15, 0.2) is 0 Å². The average Bonchev–Trinajstić information content (AvgIpc) is 2.58. The molecule has 0 N–H and O–H groups in total. The molecule has 0 fully saturated rings. The zero-order valence-corrected chi connectivity index (χ0v) is 19.3. The van der Waals surface area contributed by atoms with Crippen LogP contribution in [-0.2, 0) is 9.59 Å². The van der Waals surface area contributed by atoms with E-state index in [1.165, 1.54) is 90.4 Å². The second-order valence-corrected chi connectivity index (χ2v) is 7.14. The number of rotatable bonds is 17. The Morgan fingerprint density at radius 1 is 0.667 bits per heavy atom. The van der Waals surface area contributed by atoms with Gasteiger partial charge >= 0.3 is 23.1 Å².